The van der Waals surface area contributed by atoms with Crippen LogP contribution in [0.15, 0.2) is 29.6 Å². The molecule has 1 aromatic carbocycles. The van der Waals surface area contributed by atoms with Gasteiger partial charge in [0.25, 0.3) is 5.91 Å². The minimum absolute atomic E-state index is 0.163. The molecule has 0 aliphatic carbocycles. The number of rotatable bonds is 3. The van der Waals surface area contributed by atoms with Crippen LogP contribution in [0.1, 0.15) is 15.2 Å². The molecule has 0 spiro atoms. The molecule has 2 N–H and O–H groups in total. The summed E-state index contributed by atoms with van der Waals surface area (Å²) in [4.78, 5) is 12.5. The van der Waals surface area contributed by atoms with E-state index in [0.717, 1.165) is 5.56 Å². The summed E-state index contributed by atoms with van der Waals surface area (Å²) in [5.41, 5.74) is 1.33. The smallest absolute Gasteiger partial charge is 0.265 e. The Labute approximate surface area is 109 Å². The molecule has 1 aromatic heterocycles. The molecule has 1 amide bonds. The molecule has 2 rings (SSSR count). The number of thiophene rings is 1. The Morgan fingerprint density at radius 2 is 2.17 bits per heavy atom. The molecule has 0 saturated carbocycles. The van der Waals surface area contributed by atoms with Crippen molar-refractivity contribution in [2.45, 2.75) is 6.92 Å². The molecule has 0 saturated heterocycles. The highest BCUT2D eigenvalue weighted by Gasteiger charge is 2.10. The highest BCUT2D eigenvalue weighted by molar-refractivity contribution is 7.12. The minimum Gasteiger partial charge on any atom is -0.508 e. The number of methoxy groups -OCH3 is 1. The van der Waals surface area contributed by atoms with Gasteiger partial charge in [0.15, 0.2) is 0 Å². The van der Waals surface area contributed by atoms with Gasteiger partial charge < -0.3 is 15.2 Å². The van der Waals surface area contributed by atoms with E-state index in [-0.39, 0.29) is 11.7 Å². The third kappa shape index (κ3) is 2.62. The lowest BCUT2D eigenvalue weighted by atomic mass is 10.2. The summed E-state index contributed by atoms with van der Waals surface area (Å²) in [5.74, 6) is 0.611. The molecule has 18 heavy (non-hydrogen) atoms. The van der Waals surface area contributed by atoms with Gasteiger partial charge >= 0.3 is 0 Å². The number of nitrogens with one attached hydrogen (secondary N) is 1. The maximum absolute atomic E-state index is 11.9. The molecule has 1 heterocycles. The van der Waals surface area contributed by atoms with Crippen molar-refractivity contribution in [3.63, 3.8) is 0 Å². The number of hydrogen-bond donors (Lipinski definition) is 2. The van der Waals surface area contributed by atoms with Crippen LogP contribution in [0.5, 0.6) is 11.5 Å². The first kappa shape index (κ1) is 12.4. The van der Waals surface area contributed by atoms with E-state index in [1.54, 1.807) is 37.6 Å². The number of benzene rings is 1. The summed E-state index contributed by atoms with van der Waals surface area (Å²) in [6, 6.07) is 6.70. The molecule has 0 unspecified atom stereocenters. The summed E-state index contributed by atoms with van der Waals surface area (Å²) in [7, 11) is 1.56. The highest BCUT2D eigenvalue weighted by atomic mass is 32.1. The number of carbonyl (C=O) groups is 1. The number of aryl methyl sites for hydroxylation is 1. The lowest BCUT2D eigenvalue weighted by molar-refractivity contribution is 0.103. The zero-order valence-corrected chi connectivity index (χ0v) is 10.9. The predicted octanol–water partition coefficient (Wildman–Crippen LogP) is 3.02. The third-order valence-corrected chi connectivity index (χ3v) is 3.41. The summed E-state index contributed by atoms with van der Waals surface area (Å²) in [6.07, 6.45) is 0. The molecular formula is C13H13NO3S. The summed E-state index contributed by atoms with van der Waals surface area (Å²) < 4.78 is 5.02. The summed E-state index contributed by atoms with van der Waals surface area (Å²) in [5, 5.41) is 14.0. The fourth-order valence-electron chi connectivity index (χ4n) is 1.42. The summed E-state index contributed by atoms with van der Waals surface area (Å²) in [6.45, 7) is 1.80. The van der Waals surface area contributed by atoms with Crippen molar-refractivity contribution in [1.29, 1.82) is 0 Å². The van der Waals surface area contributed by atoms with Crippen molar-refractivity contribution in [3.8, 4) is 11.5 Å². The molecule has 94 valence electrons. The van der Waals surface area contributed by atoms with Gasteiger partial charge in [-0.15, -0.1) is 11.3 Å². The SMILES string of the molecule is COc1csc(C(=O)Nc2ccc(C)c(O)c2)c1. The topological polar surface area (TPSA) is 58.6 Å². The van der Waals surface area contributed by atoms with Crippen LogP contribution < -0.4 is 10.1 Å². The number of phenolic OH excluding ortho intramolecular Hbond substituents is 1. The first-order valence-corrected chi connectivity index (χ1v) is 6.21. The molecule has 0 bridgehead atoms. The van der Waals surface area contributed by atoms with Crippen molar-refractivity contribution in [2.75, 3.05) is 12.4 Å². The van der Waals surface area contributed by atoms with Gasteiger partial charge in [0.2, 0.25) is 0 Å². The van der Waals surface area contributed by atoms with Crippen molar-refractivity contribution in [3.05, 3.63) is 40.1 Å². The largest absolute Gasteiger partial charge is 0.508 e. The van der Waals surface area contributed by atoms with Crippen LogP contribution in [-0.2, 0) is 0 Å². The Hall–Kier alpha value is -2.01. The van der Waals surface area contributed by atoms with Crippen LogP contribution >= 0.6 is 11.3 Å². The van der Waals surface area contributed by atoms with Crippen LogP contribution in [0.25, 0.3) is 0 Å². The number of amides is 1. The molecule has 5 heteroatoms. The van der Waals surface area contributed by atoms with E-state index >= 15 is 0 Å². The molecule has 2 aromatic rings. The molecule has 4 nitrogen and oxygen atoms in total. The molecule has 0 atom stereocenters. The van der Waals surface area contributed by atoms with E-state index in [1.165, 1.54) is 17.4 Å². The first-order valence-electron chi connectivity index (χ1n) is 5.33. The Morgan fingerprint density at radius 1 is 1.39 bits per heavy atom. The lowest BCUT2D eigenvalue weighted by Gasteiger charge is -2.05. The second kappa shape index (κ2) is 5.10. The van der Waals surface area contributed by atoms with Crippen LogP contribution in [-0.4, -0.2) is 18.1 Å². The second-order valence-electron chi connectivity index (χ2n) is 3.81. The van der Waals surface area contributed by atoms with Crippen LogP contribution in [0.4, 0.5) is 5.69 Å². The van der Waals surface area contributed by atoms with Gasteiger partial charge in [0, 0.05) is 23.2 Å². The summed E-state index contributed by atoms with van der Waals surface area (Å²) >= 11 is 1.31. The van der Waals surface area contributed by atoms with Gasteiger partial charge in [0.05, 0.1) is 12.0 Å². The van der Waals surface area contributed by atoms with E-state index in [2.05, 4.69) is 5.32 Å². The van der Waals surface area contributed by atoms with Crippen molar-refractivity contribution >= 4 is 22.9 Å². The minimum atomic E-state index is -0.216. The number of anilines is 1. The van der Waals surface area contributed by atoms with Crippen LogP contribution in [0.3, 0.4) is 0 Å². The van der Waals surface area contributed by atoms with Gasteiger partial charge in [-0.1, -0.05) is 6.07 Å². The maximum atomic E-state index is 11.9. The normalized spacial score (nSPS) is 10.1. The Kier molecular flexibility index (Phi) is 3.53. The van der Waals surface area contributed by atoms with Crippen molar-refractivity contribution in [1.82, 2.24) is 0 Å². The quantitative estimate of drug-likeness (QED) is 0.895. The van der Waals surface area contributed by atoms with Gasteiger partial charge in [0.1, 0.15) is 11.5 Å². The average Bonchev–Trinajstić information content (AvgIpc) is 2.82. The Bertz CT molecular complexity index is 577. The average molecular weight is 263 g/mol. The van der Waals surface area contributed by atoms with E-state index in [4.69, 9.17) is 4.74 Å². The molecular weight excluding hydrogens is 250 g/mol. The van der Waals surface area contributed by atoms with Crippen LogP contribution in [0, 0.1) is 6.92 Å². The molecule has 0 aliphatic heterocycles. The Balaban J connectivity index is 2.13. The Morgan fingerprint density at radius 3 is 2.78 bits per heavy atom. The number of phenols is 1. The third-order valence-electron chi connectivity index (χ3n) is 2.50. The van der Waals surface area contributed by atoms with E-state index in [0.29, 0.717) is 16.3 Å². The van der Waals surface area contributed by atoms with Gasteiger partial charge in [-0.25, -0.2) is 0 Å². The highest BCUT2D eigenvalue weighted by Crippen LogP contribution is 2.24. The molecule has 0 fully saturated rings. The fraction of sp³-hybridized carbons (Fsp3) is 0.154. The standard InChI is InChI=1S/C13H13NO3S/c1-8-3-4-9(5-11(8)15)14-13(16)12-6-10(17-2)7-18-12/h3-7,15H,1-2H3,(H,14,16). The van der Waals surface area contributed by atoms with Gasteiger partial charge in [-0.05, 0) is 18.6 Å². The van der Waals surface area contributed by atoms with E-state index in [9.17, 15) is 9.90 Å². The predicted molar refractivity (Wildman–Crippen MR) is 71.7 cm³/mol. The fourth-order valence-corrected chi connectivity index (χ4v) is 2.17. The first-order chi connectivity index (χ1) is 8.60. The van der Waals surface area contributed by atoms with E-state index in [1.807, 2.05) is 0 Å². The number of hydrogen-bond acceptors (Lipinski definition) is 4. The van der Waals surface area contributed by atoms with Crippen LogP contribution in [0.2, 0.25) is 0 Å². The van der Waals surface area contributed by atoms with Gasteiger partial charge in [-0.3, -0.25) is 4.79 Å². The second-order valence-corrected chi connectivity index (χ2v) is 4.72. The van der Waals surface area contributed by atoms with E-state index < -0.39 is 0 Å². The van der Waals surface area contributed by atoms with Gasteiger partial charge in [-0.2, -0.15) is 0 Å². The monoisotopic (exact) mass is 263 g/mol. The lowest BCUT2D eigenvalue weighted by Crippen LogP contribution is -2.09. The maximum Gasteiger partial charge on any atom is 0.265 e. The zero-order valence-electron chi connectivity index (χ0n) is 10.1. The zero-order chi connectivity index (χ0) is 13.1. The van der Waals surface area contributed by atoms with Crippen molar-refractivity contribution in [2.24, 2.45) is 0 Å². The number of ether oxygens (including phenoxy) is 1. The number of aromatic hydroxyl groups is 1. The number of carbonyl (C=O) groups excluding carboxylic acids is 1. The van der Waals surface area contributed by atoms with Crippen molar-refractivity contribution < 1.29 is 14.6 Å². The molecule has 0 radical (unpaired) electrons. The molecule has 0 aliphatic rings.